The zero-order valence-electron chi connectivity index (χ0n) is 11.7. The minimum Gasteiger partial charge on any atom is -0.355 e. The molecule has 0 radical (unpaired) electrons. The van der Waals surface area contributed by atoms with Gasteiger partial charge in [0, 0.05) is 23.4 Å². The second-order valence-corrected chi connectivity index (χ2v) is 5.84. The molecule has 0 bridgehead atoms. The smallest absolute Gasteiger partial charge is 0.230 e. The number of rotatable bonds is 7. The fourth-order valence-corrected chi connectivity index (χ4v) is 2.19. The summed E-state index contributed by atoms with van der Waals surface area (Å²) >= 11 is 1.48. The van der Waals surface area contributed by atoms with Crippen LogP contribution in [0.25, 0.3) is 0 Å². The van der Waals surface area contributed by atoms with Crippen molar-refractivity contribution in [2.75, 3.05) is 12.3 Å². The van der Waals surface area contributed by atoms with E-state index >= 15 is 0 Å². The molecule has 1 rings (SSSR count). The number of carbonyl (C=O) groups is 2. The molecule has 0 aliphatic heterocycles. The maximum absolute atomic E-state index is 11.6. The highest BCUT2D eigenvalue weighted by molar-refractivity contribution is 8.00. The first kappa shape index (κ1) is 15.8. The number of hydrogen-bond acceptors (Lipinski definition) is 3. The van der Waals surface area contributed by atoms with Crippen LogP contribution in [0, 0.1) is 5.92 Å². The van der Waals surface area contributed by atoms with Crippen LogP contribution in [-0.2, 0) is 4.79 Å². The van der Waals surface area contributed by atoms with Gasteiger partial charge in [0.1, 0.15) is 0 Å². The van der Waals surface area contributed by atoms with Crippen molar-refractivity contribution in [1.29, 1.82) is 0 Å². The highest BCUT2D eigenvalue weighted by Gasteiger charge is 2.05. The summed E-state index contributed by atoms with van der Waals surface area (Å²) in [6.07, 6.45) is 0.518. The van der Waals surface area contributed by atoms with Crippen LogP contribution in [0.4, 0.5) is 0 Å². The van der Waals surface area contributed by atoms with Crippen molar-refractivity contribution >= 4 is 23.5 Å². The molecular weight excluding hydrogens is 258 g/mol. The van der Waals surface area contributed by atoms with Crippen LogP contribution in [0.2, 0.25) is 0 Å². The Kier molecular flexibility index (Phi) is 6.64. The highest BCUT2D eigenvalue weighted by Crippen LogP contribution is 2.18. The Balaban J connectivity index is 2.41. The first-order chi connectivity index (χ1) is 9.02. The highest BCUT2D eigenvalue weighted by atomic mass is 32.2. The van der Waals surface area contributed by atoms with E-state index in [-0.39, 0.29) is 11.7 Å². The van der Waals surface area contributed by atoms with E-state index in [1.807, 2.05) is 31.2 Å². The third kappa shape index (κ3) is 5.92. The van der Waals surface area contributed by atoms with Crippen molar-refractivity contribution in [1.82, 2.24) is 5.32 Å². The van der Waals surface area contributed by atoms with Crippen molar-refractivity contribution in [3.05, 3.63) is 29.8 Å². The largest absolute Gasteiger partial charge is 0.355 e. The fourth-order valence-electron chi connectivity index (χ4n) is 1.46. The SMILES string of the molecule is CCC(=O)c1ccc(SCC(=O)NCC(C)C)cc1. The minimum absolute atomic E-state index is 0.0485. The van der Waals surface area contributed by atoms with E-state index in [4.69, 9.17) is 0 Å². The van der Waals surface area contributed by atoms with Gasteiger partial charge in [0.05, 0.1) is 5.75 Å². The van der Waals surface area contributed by atoms with E-state index in [0.717, 1.165) is 10.5 Å². The Labute approximate surface area is 119 Å². The molecule has 0 atom stereocenters. The normalized spacial score (nSPS) is 10.5. The fraction of sp³-hybridized carbons (Fsp3) is 0.467. The third-order valence-corrected chi connectivity index (χ3v) is 3.59. The number of carbonyl (C=O) groups excluding carboxylic acids is 2. The van der Waals surface area contributed by atoms with E-state index in [9.17, 15) is 9.59 Å². The standard InChI is InChI=1S/C15H21NO2S/c1-4-14(17)12-5-7-13(8-6-12)19-10-15(18)16-9-11(2)3/h5-8,11H,4,9-10H2,1-3H3,(H,16,18). The Morgan fingerprint density at radius 2 is 1.84 bits per heavy atom. The van der Waals surface area contributed by atoms with E-state index in [1.165, 1.54) is 11.8 Å². The summed E-state index contributed by atoms with van der Waals surface area (Å²) in [6.45, 7) is 6.70. The van der Waals surface area contributed by atoms with Crippen LogP contribution in [0.5, 0.6) is 0 Å². The van der Waals surface area contributed by atoms with Gasteiger partial charge >= 0.3 is 0 Å². The van der Waals surface area contributed by atoms with Gasteiger partial charge in [-0.15, -0.1) is 11.8 Å². The summed E-state index contributed by atoms with van der Waals surface area (Å²) in [5, 5.41) is 2.88. The molecule has 0 saturated carbocycles. The first-order valence-electron chi connectivity index (χ1n) is 6.55. The Morgan fingerprint density at radius 3 is 2.37 bits per heavy atom. The lowest BCUT2D eigenvalue weighted by molar-refractivity contribution is -0.118. The average molecular weight is 279 g/mol. The molecule has 104 valence electrons. The molecule has 0 saturated heterocycles. The molecule has 0 unspecified atom stereocenters. The Hall–Kier alpha value is -1.29. The van der Waals surface area contributed by atoms with E-state index in [0.29, 0.717) is 24.6 Å². The van der Waals surface area contributed by atoms with Crippen LogP contribution in [0.1, 0.15) is 37.6 Å². The number of Topliss-reactive ketones (excluding diaryl/α,β-unsaturated/α-hetero) is 1. The van der Waals surface area contributed by atoms with Crippen LogP contribution >= 0.6 is 11.8 Å². The van der Waals surface area contributed by atoms with Crippen LogP contribution < -0.4 is 5.32 Å². The maximum Gasteiger partial charge on any atom is 0.230 e. The lowest BCUT2D eigenvalue weighted by Crippen LogP contribution is -2.28. The molecule has 1 N–H and O–H groups in total. The van der Waals surface area contributed by atoms with Crippen molar-refractivity contribution < 1.29 is 9.59 Å². The Bertz CT molecular complexity index is 426. The van der Waals surface area contributed by atoms with Gasteiger partial charge in [0.15, 0.2) is 5.78 Å². The van der Waals surface area contributed by atoms with E-state index in [2.05, 4.69) is 19.2 Å². The van der Waals surface area contributed by atoms with Crippen molar-refractivity contribution in [2.24, 2.45) is 5.92 Å². The maximum atomic E-state index is 11.6. The average Bonchev–Trinajstić information content (AvgIpc) is 2.42. The molecule has 1 aromatic carbocycles. The van der Waals surface area contributed by atoms with Gasteiger partial charge in [0.25, 0.3) is 0 Å². The molecule has 0 aliphatic carbocycles. The number of amides is 1. The van der Waals surface area contributed by atoms with Crippen molar-refractivity contribution in [3.8, 4) is 0 Å². The molecule has 0 fully saturated rings. The van der Waals surface area contributed by atoms with Gasteiger partial charge in [-0.05, 0) is 18.1 Å². The predicted octanol–water partition coefficient (Wildman–Crippen LogP) is 3.14. The van der Waals surface area contributed by atoms with Crippen molar-refractivity contribution in [3.63, 3.8) is 0 Å². The summed E-state index contributed by atoms with van der Waals surface area (Å²) in [5.74, 6) is 1.07. The third-order valence-electron chi connectivity index (χ3n) is 2.57. The summed E-state index contributed by atoms with van der Waals surface area (Å²) in [6, 6.07) is 7.42. The van der Waals surface area contributed by atoms with E-state index in [1.54, 1.807) is 0 Å². The van der Waals surface area contributed by atoms with Gasteiger partial charge in [-0.25, -0.2) is 0 Å². The molecule has 0 heterocycles. The minimum atomic E-state index is 0.0485. The molecule has 1 aromatic rings. The lowest BCUT2D eigenvalue weighted by Gasteiger charge is -2.07. The monoisotopic (exact) mass is 279 g/mol. The molecule has 0 aromatic heterocycles. The zero-order chi connectivity index (χ0) is 14.3. The second-order valence-electron chi connectivity index (χ2n) is 4.79. The van der Waals surface area contributed by atoms with Gasteiger partial charge in [-0.3, -0.25) is 9.59 Å². The van der Waals surface area contributed by atoms with E-state index < -0.39 is 0 Å². The number of thioether (sulfide) groups is 1. The van der Waals surface area contributed by atoms with Crippen LogP contribution in [0.15, 0.2) is 29.2 Å². The summed E-state index contributed by atoms with van der Waals surface area (Å²) in [7, 11) is 0. The molecule has 0 aliphatic rings. The quantitative estimate of drug-likeness (QED) is 0.616. The molecule has 1 amide bonds. The number of nitrogens with one attached hydrogen (secondary N) is 1. The predicted molar refractivity (Wildman–Crippen MR) is 79.6 cm³/mol. The topological polar surface area (TPSA) is 46.2 Å². The van der Waals surface area contributed by atoms with Gasteiger partial charge in [-0.1, -0.05) is 32.9 Å². The van der Waals surface area contributed by atoms with Gasteiger partial charge in [-0.2, -0.15) is 0 Å². The van der Waals surface area contributed by atoms with Gasteiger partial charge in [0.2, 0.25) is 5.91 Å². The molecule has 0 spiro atoms. The second kappa shape index (κ2) is 8.00. The number of hydrogen-bond donors (Lipinski definition) is 1. The molecule has 4 heteroatoms. The zero-order valence-corrected chi connectivity index (χ0v) is 12.5. The number of benzene rings is 1. The van der Waals surface area contributed by atoms with Crippen molar-refractivity contribution in [2.45, 2.75) is 32.1 Å². The van der Waals surface area contributed by atoms with Crippen LogP contribution in [-0.4, -0.2) is 24.0 Å². The van der Waals surface area contributed by atoms with Gasteiger partial charge < -0.3 is 5.32 Å². The van der Waals surface area contributed by atoms with Crippen LogP contribution in [0.3, 0.4) is 0 Å². The first-order valence-corrected chi connectivity index (χ1v) is 7.54. The molecular formula is C15H21NO2S. The summed E-state index contributed by atoms with van der Waals surface area (Å²) in [4.78, 5) is 24.0. The summed E-state index contributed by atoms with van der Waals surface area (Å²) < 4.78 is 0. The Morgan fingerprint density at radius 1 is 1.21 bits per heavy atom. The lowest BCUT2D eigenvalue weighted by atomic mass is 10.1. The molecule has 19 heavy (non-hydrogen) atoms. The summed E-state index contributed by atoms with van der Waals surface area (Å²) in [5.41, 5.74) is 0.733. The number of ketones is 1. The molecule has 3 nitrogen and oxygen atoms in total.